The Morgan fingerprint density at radius 3 is 2.29 bits per heavy atom. The molecule has 14 heavy (non-hydrogen) atoms. The van der Waals surface area contributed by atoms with E-state index in [9.17, 15) is 4.79 Å². The molecule has 1 heterocycles. The standard InChI is InChI=1S/C9H16O4Si/c1-9(2)11-7(10)6-8(12-9)13-14(3,4)5/h6H,1-5H3. The molecule has 0 radical (unpaired) electrons. The van der Waals surface area contributed by atoms with E-state index in [2.05, 4.69) is 0 Å². The molecule has 0 aromatic carbocycles. The van der Waals surface area contributed by atoms with E-state index in [0.717, 1.165) is 0 Å². The van der Waals surface area contributed by atoms with Crippen molar-refractivity contribution in [3.8, 4) is 0 Å². The summed E-state index contributed by atoms with van der Waals surface area (Å²) in [6.07, 6.45) is 1.24. The zero-order valence-corrected chi connectivity index (χ0v) is 10.2. The molecule has 4 nitrogen and oxygen atoms in total. The molecule has 0 N–H and O–H groups in total. The van der Waals surface area contributed by atoms with E-state index >= 15 is 0 Å². The third-order valence-corrected chi connectivity index (χ3v) is 2.15. The average molecular weight is 216 g/mol. The van der Waals surface area contributed by atoms with E-state index in [0.29, 0.717) is 0 Å². The van der Waals surface area contributed by atoms with Gasteiger partial charge in [-0.05, 0) is 19.6 Å². The summed E-state index contributed by atoms with van der Waals surface area (Å²) >= 11 is 0. The fourth-order valence-electron chi connectivity index (χ4n) is 1.01. The van der Waals surface area contributed by atoms with Gasteiger partial charge in [0.1, 0.15) is 6.08 Å². The van der Waals surface area contributed by atoms with Crippen LogP contribution >= 0.6 is 0 Å². The predicted molar refractivity (Wildman–Crippen MR) is 53.8 cm³/mol. The third kappa shape index (κ3) is 3.41. The molecule has 1 aliphatic rings. The predicted octanol–water partition coefficient (Wildman–Crippen LogP) is 1.99. The second-order valence-corrected chi connectivity index (χ2v) is 9.03. The second-order valence-electron chi connectivity index (χ2n) is 4.60. The Hall–Kier alpha value is -0.973. The van der Waals surface area contributed by atoms with E-state index < -0.39 is 20.1 Å². The zero-order chi connectivity index (χ0) is 11.0. The van der Waals surface area contributed by atoms with E-state index in [1.165, 1.54) is 6.08 Å². The summed E-state index contributed by atoms with van der Waals surface area (Å²) in [5.74, 6) is -1.08. The van der Waals surface area contributed by atoms with Gasteiger partial charge in [0.05, 0.1) is 0 Å². The molecule has 0 bridgehead atoms. The van der Waals surface area contributed by atoms with Crippen LogP contribution in [0.15, 0.2) is 12.0 Å². The van der Waals surface area contributed by atoms with Crippen LogP contribution in [0.1, 0.15) is 13.8 Å². The van der Waals surface area contributed by atoms with Crippen molar-refractivity contribution in [2.75, 3.05) is 0 Å². The Kier molecular flexibility index (Phi) is 2.62. The first-order valence-corrected chi connectivity index (χ1v) is 7.91. The largest absolute Gasteiger partial charge is 0.519 e. The van der Waals surface area contributed by atoms with Crippen molar-refractivity contribution >= 4 is 14.3 Å². The highest BCUT2D eigenvalue weighted by molar-refractivity contribution is 6.70. The van der Waals surface area contributed by atoms with Crippen LogP contribution in [0, 0.1) is 0 Å². The number of rotatable bonds is 2. The molecule has 0 aromatic heterocycles. The molecule has 0 spiro atoms. The van der Waals surface area contributed by atoms with Crippen LogP contribution in [0.5, 0.6) is 0 Å². The fraction of sp³-hybridized carbons (Fsp3) is 0.667. The van der Waals surface area contributed by atoms with Gasteiger partial charge in [0.25, 0.3) is 11.7 Å². The maximum absolute atomic E-state index is 11.1. The maximum atomic E-state index is 11.1. The zero-order valence-electron chi connectivity index (χ0n) is 9.21. The van der Waals surface area contributed by atoms with Crippen LogP contribution in [0.2, 0.25) is 19.6 Å². The molecule has 0 saturated carbocycles. The lowest BCUT2D eigenvalue weighted by molar-refractivity contribution is -0.217. The molecular weight excluding hydrogens is 200 g/mol. The first kappa shape index (κ1) is 11.1. The molecule has 1 rings (SSSR count). The fourth-order valence-corrected chi connectivity index (χ4v) is 1.72. The van der Waals surface area contributed by atoms with Gasteiger partial charge in [-0.2, -0.15) is 0 Å². The van der Waals surface area contributed by atoms with Crippen LogP contribution in [0.25, 0.3) is 0 Å². The van der Waals surface area contributed by atoms with E-state index in [-0.39, 0.29) is 5.95 Å². The lowest BCUT2D eigenvalue weighted by Crippen LogP contribution is -2.37. The van der Waals surface area contributed by atoms with E-state index in [1.807, 2.05) is 19.6 Å². The summed E-state index contributed by atoms with van der Waals surface area (Å²) in [4.78, 5) is 11.1. The summed E-state index contributed by atoms with van der Waals surface area (Å²) < 4.78 is 15.8. The topological polar surface area (TPSA) is 44.8 Å². The van der Waals surface area contributed by atoms with Gasteiger partial charge in [-0.3, -0.25) is 0 Å². The SMILES string of the molecule is CC1(C)OC(=O)C=C(O[Si](C)(C)C)O1. The first-order chi connectivity index (χ1) is 6.18. The van der Waals surface area contributed by atoms with Crippen molar-refractivity contribution in [3.63, 3.8) is 0 Å². The van der Waals surface area contributed by atoms with Gasteiger partial charge in [-0.15, -0.1) is 0 Å². The summed E-state index contributed by atoms with van der Waals surface area (Å²) in [6.45, 7) is 9.40. The van der Waals surface area contributed by atoms with Crippen molar-refractivity contribution in [3.05, 3.63) is 12.0 Å². The van der Waals surface area contributed by atoms with E-state index in [1.54, 1.807) is 13.8 Å². The van der Waals surface area contributed by atoms with Crippen molar-refractivity contribution in [1.82, 2.24) is 0 Å². The average Bonchev–Trinajstić information content (AvgIpc) is 1.74. The minimum atomic E-state index is -1.74. The number of hydrogen-bond acceptors (Lipinski definition) is 4. The lowest BCUT2D eigenvalue weighted by Gasteiger charge is -2.32. The summed E-state index contributed by atoms with van der Waals surface area (Å²) in [6, 6.07) is 0. The normalized spacial score (nSPS) is 20.6. The van der Waals surface area contributed by atoms with Gasteiger partial charge in [0.15, 0.2) is 0 Å². The van der Waals surface area contributed by atoms with Crippen LogP contribution < -0.4 is 0 Å². The van der Waals surface area contributed by atoms with Gasteiger partial charge < -0.3 is 13.9 Å². The third-order valence-electron chi connectivity index (χ3n) is 1.34. The van der Waals surface area contributed by atoms with Crippen LogP contribution in [-0.2, 0) is 18.7 Å². The smallest absolute Gasteiger partial charge is 0.341 e. The van der Waals surface area contributed by atoms with Crippen LogP contribution in [-0.4, -0.2) is 20.1 Å². The Morgan fingerprint density at radius 1 is 1.29 bits per heavy atom. The summed E-state index contributed by atoms with van der Waals surface area (Å²) in [7, 11) is -1.74. The van der Waals surface area contributed by atoms with Gasteiger partial charge >= 0.3 is 5.97 Å². The second kappa shape index (κ2) is 3.31. The van der Waals surface area contributed by atoms with Gasteiger partial charge in [-0.25, -0.2) is 4.79 Å². The summed E-state index contributed by atoms with van der Waals surface area (Å²) in [5.41, 5.74) is 0. The molecule has 1 aliphatic heterocycles. The lowest BCUT2D eigenvalue weighted by atomic mass is 10.3. The number of ether oxygens (including phenoxy) is 2. The Bertz CT molecular complexity index is 275. The minimum Gasteiger partial charge on any atom is -0.519 e. The van der Waals surface area contributed by atoms with Crippen LogP contribution in [0.3, 0.4) is 0 Å². The number of esters is 1. The molecule has 0 saturated heterocycles. The highest BCUT2D eigenvalue weighted by atomic mass is 28.4. The van der Waals surface area contributed by atoms with Crippen molar-refractivity contribution in [1.29, 1.82) is 0 Å². The molecular formula is C9H16O4Si. The molecule has 80 valence electrons. The molecule has 0 aliphatic carbocycles. The Balaban J connectivity index is 2.75. The van der Waals surface area contributed by atoms with Gasteiger partial charge in [0.2, 0.25) is 8.32 Å². The number of cyclic esters (lactones) is 1. The number of hydrogen-bond donors (Lipinski definition) is 0. The molecule has 0 unspecified atom stereocenters. The monoisotopic (exact) mass is 216 g/mol. The Morgan fingerprint density at radius 2 is 1.86 bits per heavy atom. The van der Waals surface area contributed by atoms with Gasteiger partial charge in [0, 0.05) is 13.8 Å². The van der Waals surface area contributed by atoms with Crippen molar-refractivity contribution in [2.24, 2.45) is 0 Å². The molecule has 0 amide bonds. The molecule has 5 heteroatoms. The van der Waals surface area contributed by atoms with Gasteiger partial charge in [-0.1, -0.05) is 0 Å². The van der Waals surface area contributed by atoms with Crippen molar-refractivity contribution in [2.45, 2.75) is 39.3 Å². The Labute approximate surface area is 85.0 Å². The molecule has 0 atom stereocenters. The molecule has 0 fully saturated rings. The maximum Gasteiger partial charge on any atom is 0.341 e. The minimum absolute atomic E-state index is 0.269. The highest BCUT2D eigenvalue weighted by Gasteiger charge is 2.33. The highest BCUT2D eigenvalue weighted by Crippen LogP contribution is 2.24. The summed E-state index contributed by atoms with van der Waals surface area (Å²) in [5, 5.41) is 0. The molecule has 0 aromatic rings. The van der Waals surface area contributed by atoms with Crippen molar-refractivity contribution < 1.29 is 18.7 Å². The first-order valence-electron chi connectivity index (χ1n) is 4.51. The quantitative estimate of drug-likeness (QED) is 0.523. The van der Waals surface area contributed by atoms with E-state index in [4.69, 9.17) is 13.9 Å². The van der Waals surface area contributed by atoms with Crippen LogP contribution in [0.4, 0.5) is 0 Å². The number of carbonyl (C=O) groups excluding carboxylic acids is 1. The number of carbonyl (C=O) groups is 1.